The van der Waals surface area contributed by atoms with Gasteiger partial charge in [0.15, 0.2) is 0 Å². The lowest BCUT2D eigenvalue weighted by Crippen LogP contribution is -2.56. The van der Waals surface area contributed by atoms with Crippen molar-refractivity contribution in [3.8, 4) is 0 Å². The average Bonchev–Trinajstić information content (AvgIpc) is 2.23. The fourth-order valence-corrected chi connectivity index (χ4v) is 3.32. The van der Waals surface area contributed by atoms with Crippen LogP contribution in [0, 0.1) is 11.8 Å². The molecule has 0 radical (unpaired) electrons. The van der Waals surface area contributed by atoms with Crippen LogP contribution in [-0.2, 0) is 4.79 Å². The number of hydrogen-bond acceptors (Lipinski definition) is 2. The maximum Gasteiger partial charge on any atom is 0.220 e. The Bertz CT molecular complexity index is 275. The number of hydrogen-bond donors (Lipinski definition) is 2. The number of nitrogens with two attached hydrogens (primary N) is 1. The third-order valence-corrected chi connectivity index (χ3v) is 4.59. The third-order valence-electron chi connectivity index (χ3n) is 4.59. The molecule has 0 aromatic rings. The Kier molecular flexibility index (Phi) is 4.08. The van der Waals surface area contributed by atoms with Crippen molar-refractivity contribution in [1.82, 2.24) is 5.32 Å². The Morgan fingerprint density at radius 2 is 2.12 bits per heavy atom. The Hall–Kier alpha value is -0.570. The summed E-state index contributed by atoms with van der Waals surface area (Å²) < 4.78 is 0. The molecule has 2 atom stereocenters. The van der Waals surface area contributed by atoms with E-state index in [1.807, 2.05) is 0 Å². The molecule has 2 fully saturated rings. The highest BCUT2D eigenvalue weighted by molar-refractivity contribution is 5.77. The minimum Gasteiger partial charge on any atom is -0.349 e. The monoisotopic (exact) mass is 238 g/mol. The first-order valence-electron chi connectivity index (χ1n) is 7.15. The zero-order valence-corrected chi connectivity index (χ0v) is 11.0. The van der Waals surface area contributed by atoms with Crippen LogP contribution in [0.5, 0.6) is 0 Å². The molecule has 2 saturated carbocycles. The lowest BCUT2D eigenvalue weighted by Gasteiger charge is -2.40. The molecule has 2 rings (SSSR count). The largest absolute Gasteiger partial charge is 0.349 e. The standard InChI is InChI=1S/C14H26N2O/c1-11-4-3-7-14(9-11,10-15)16-13(17)8-12-5-2-6-12/h11-12H,2-10,15H2,1H3,(H,16,17). The Labute approximate surface area is 105 Å². The van der Waals surface area contributed by atoms with E-state index in [2.05, 4.69) is 12.2 Å². The maximum atomic E-state index is 12.0. The van der Waals surface area contributed by atoms with Crippen LogP contribution in [0.15, 0.2) is 0 Å². The van der Waals surface area contributed by atoms with Crippen molar-refractivity contribution in [2.45, 2.75) is 63.8 Å². The van der Waals surface area contributed by atoms with Gasteiger partial charge in [-0.1, -0.05) is 26.2 Å². The Morgan fingerprint density at radius 3 is 2.65 bits per heavy atom. The molecule has 3 N–H and O–H groups in total. The molecule has 0 aromatic carbocycles. The van der Waals surface area contributed by atoms with Crippen molar-refractivity contribution in [1.29, 1.82) is 0 Å². The fraction of sp³-hybridized carbons (Fsp3) is 0.929. The van der Waals surface area contributed by atoms with Crippen LogP contribution in [-0.4, -0.2) is 18.0 Å². The first-order valence-corrected chi connectivity index (χ1v) is 7.15. The molecule has 1 amide bonds. The van der Waals surface area contributed by atoms with Crippen LogP contribution in [0.4, 0.5) is 0 Å². The summed E-state index contributed by atoms with van der Waals surface area (Å²) in [6, 6.07) is 0. The lowest BCUT2D eigenvalue weighted by molar-refractivity contribution is -0.125. The molecule has 0 bridgehead atoms. The van der Waals surface area contributed by atoms with Crippen molar-refractivity contribution in [2.24, 2.45) is 17.6 Å². The maximum absolute atomic E-state index is 12.0. The van der Waals surface area contributed by atoms with Crippen molar-refractivity contribution in [3.05, 3.63) is 0 Å². The van der Waals surface area contributed by atoms with Gasteiger partial charge in [-0.2, -0.15) is 0 Å². The highest BCUT2D eigenvalue weighted by atomic mass is 16.1. The topological polar surface area (TPSA) is 55.1 Å². The zero-order chi connectivity index (χ0) is 12.3. The van der Waals surface area contributed by atoms with Gasteiger partial charge >= 0.3 is 0 Å². The van der Waals surface area contributed by atoms with Gasteiger partial charge in [0.2, 0.25) is 5.91 Å². The van der Waals surface area contributed by atoms with E-state index in [0.717, 1.165) is 19.3 Å². The van der Waals surface area contributed by atoms with E-state index in [0.29, 0.717) is 18.4 Å². The van der Waals surface area contributed by atoms with E-state index in [9.17, 15) is 4.79 Å². The van der Waals surface area contributed by atoms with Crippen LogP contribution in [0.25, 0.3) is 0 Å². The smallest absolute Gasteiger partial charge is 0.220 e. The number of amides is 1. The molecule has 3 heteroatoms. The summed E-state index contributed by atoms with van der Waals surface area (Å²) in [5, 5.41) is 3.25. The van der Waals surface area contributed by atoms with Gasteiger partial charge < -0.3 is 11.1 Å². The molecular weight excluding hydrogens is 212 g/mol. The van der Waals surface area contributed by atoms with Gasteiger partial charge in [-0.3, -0.25) is 4.79 Å². The molecule has 0 saturated heterocycles. The predicted molar refractivity (Wildman–Crippen MR) is 69.5 cm³/mol. The van der Waals surface area contributed by atoms with Crippen LogP contribution < -0.4 is 11.1 Å². The number of carbonyl (C=O) groups is 1. The number of rotatable bonds is 4. The van der Waals surface area contributed by atoms with Crippen LogP contribution in [0.2, 0.25) is 0 Å². The molecule has 3 nitrogen and oxygen atoms in total. The highest BCUT2D eigenvalue weighted by Gasteiger charge is 2.35. The minimum atomic E-state index is -0.0987. The molecule has 0 spiro atoms. The predicted octanol–water partition coefficient (Wildman–Crippen LogP) is 2.20. The second-order valence-corrected chi connectivity index (χ2v) is 6.24. The van der Waals surface area contributed by atoms with Crippen LogP contribution >= 0.6 is 0 Å². The molecule has 0 aromatic heterocycles. The molecular formula is C14H26N2O. The second-order valence-electron chi connectivity index (χ2n) is 6.24. The number of carbonyl (C=O) groups excluding carboxylic acids is 1. The summed E-state index contributed by atoms with van der Waals surface area (Å²) in [6.07, 6.45) is 9.08. The van der Waals surface area contributed by atoms with Crippen LogP contribution in [0.3, 0.4) is 0 Å². The zero-order valence-electron chi connectivity index (χ0n) is 11.0. The molecule has 0 aliphatic heterocycles. The molecule has 2 unspecified atom stereocenters. The summed E-state index contributed by atoms with van der Waals surface area (Å²) in [4.78, 5) is 12.0. The van der Waals surface area contributed by atoms with Gasteiger partial charge in [0.1, 0.15) is 0 Å². The van der Waals surface area contributed by atoms with E-state index in [1.165, 1.54) is 32.1 Å². The first-order chi connectivity index (χ1) is 8.13. The van der Waals surface area contributed by atoms with E-state index in [4.69, 9.17) is 5.73 Å². The summed E-state index contributed by atoms with van der Waals surface area (Å²) in [7, 11) is 0. The van der Waals surface area contributed by atoms with E-state index in [1.54, 1.807) is 0 Å². The molecule has 0 heterocycles. The molecule has 98 valence electrons. The van der Waals surface area contributed by atoms with Crippen molar-refractivity contribution in [2.75, 3.05) is 6.54 Å². The SMILES string of the molecule is CC1CCCC(CN)(NC(=O)CC2CCC2)C1. The number of nitrogens with one attached hydrogen (secondary N) is 1. The first kappa shape index (κ1) is 12.9. The van der Waals surface area contributed by atoms with Gasteiger partial charge in [0, 0.05) is 13.0 Å². The van der Waals surface area contributed by atoms with E-state index >= 15 is 0 Å². The average molecular weight is 238 g/mol. The minimum absolute atomic E-state index is 0.0987. The van der Waals surface area contributed by atoms with Crippen LogP contribution in [0.1, 0.15) is 58.3 Å². The third kappa shape index (κ3) is 3.21. The quantitative estimate of drug-likeness (QED) is 0.789. The molecule has 2 aliphatic carbocycles. The van der Waals surface area contributed by atoms with Gasteiger partial charge in [0.25, 0.3) is 0 Å². The van der Waals surface area contributed by atoms with Gasteiger partial charge in [-0.25, -0.2) is 0 Å². The Balaban J connectivity index is 1.86. The Morgan fingerprint density at radius 1 is 1.35 bits per heavy atom. The summed E-state index contributed by atoms with van der Waals surface area (Å²) in [5.74, 6) is 1.57. The van der Waals surface area contributed by atoms with Gasteiger partial charge in [-0.05, 0) is 37.5 Å². The van der Waals surface area contributed by atoms with E-state index < -0.39 is 0 Å². The fourth-order valence-electron chi connectivity index (χ4n) is 3.32. The highest BCUT2D eigenvalue weighted by Crippen LogP contribution is 2.33. The summed E-state index contributed by atoms with van der Waals surface area (Å²) in [6.45, 7) is 2.86. The van der Waals surface area contributed by atoms with E-state index in [-0.39, 0.29) is 11.4 Å². The van der Waals surface area contributed by atoms with Crippen molar-refractivity contribution >= 4 is 5.91 Å². The van der Waals surface area contributed by atoms with Crippen molar-refractivity contribution < 1.29 is 4.79 Å². The van der Waals surface area contributed by atoms with Gasteiger partial charge in [-0.15, -0.1) is 0 Å². The molecule has 2 aliphatic rings. The van der Waals surface area contributed by atoms with Gasteiger partial charge in [0.05, 0.1) is 5.54 Å². The summed E-state index contributed by atoms with van der Waals surface area (Å²) >= 11 is 0. The summed E-state index contributed by atoms with van der Waals surface area (Å²) in [5.41, 5.74) is 5.81. The molecule has 17 heavy (non-hydrogen) atoms. The normalized spacial score (nSPS) is 34.1. The van der Waals surface area contributed by atoms with Crippen molar-refractivity contribution in [3.63, 3.8) is 0 Å². The lowest BCUT2D eigenvalue weighted by atomic mass is 9.76. The second kappa shape index (κ2) is 5.38.